The third-order valence-corrected chi connectivity index (χ3v) is 4.49. The van der Waals surface area contributed by atoms with Crippen molar-refractivity contribution in [2.75, 3.05) is 0 Å². The maximum Gasteiger partial charge on any atom is 0.0945 e. The molecule has 4 aromatic rings. The van der Waals surface area contributed by atoms with E-state index in [1.54, 1.807) is 0 Å². The molecule has 2 aromatic heterocycles. The number of fused-ring (bicyclic) bond motifs is 3. The molecule has 0 radical (unpaired) electrons. The van der Waals surface area contributed by atoms with Gasteiger partial charge in [-0.05, 0) is 45.0 Å². The summed E-state index contributed by atoms with van der Waals surface area (Å²) in [6.07, 6.45) is 1.93. The molecule has 23 heavy (non-hydrogen) atoms. The lowest BCUT2D eigenvalue weighted by molar-refractivity contribution is 0.826. The van der Waals surface area contributed by atoms with Crippen LogP contribution in [0.1, 0.15) is 18.1 Å². The Morgan fingerprint density at radius 1 is 0.913 bits per heavy atom. The normalized spacial score (nSPS) is 11.4. The molecule has 114 valence electrons. The minimum absolute atomic E-state index is 0.938. The van der Waals surface area contributed by atoms with E-state index in [0.29, 0.717) is 0 Å². The number of benzene rings is 2. The van der Waals surface area contributed by atoms with Gasteiger partial charge in [-0.3, -0.25) is 4.98 Å². The maximum absolute atomic E-state index is 4.74. The Hall–Kier alpha value is -2.61. The van der Waals surface area contributed by atoms with Gasteiger partial charge >= 0.3 is 0 Å². The van der Waals surface area contributed by atoms with Crippen LogP contribution in [0.2, 0.25) is 0 Å². The zero-order valence-corrected chi connectivity index (χ0v) is 13.8. The highest BCUT2D eigenvalue weighted by atomic mass is 15.0. The van der Waals surface area contributed by atoms with Crippen molar-refractivity contribution in [1.29, 1.82) is 0 Å². The molecule has 0 spiro atoms. The molecule has 0 aliphatic rings. The fourth-order valence-corrected chi connectivity index (χ4v) is 3.65. The first-order chi connectivity index (χ1) is 11.2. The second-order valence-corrected chi connectivity index (χ2v) is 6.19. The minimum Gasteiger partial charge on any atom is -0.339 e. The van der Waals surface area contributed by atoms with Crippen LogP contribution in [0.3, 0.4) is 0 Å². The molecule has 0 aliphatic carbocycles. The third kappa shape index (κ3) is 2.14. The summed E-state index contributed by atoms with van der Waals surface area (Å²) in [6, 6.07) is 17.4. The van der Waals surface area contributed by atoms with E-state index in [1.807, 2.05) is 6.20 Å². The molecule has 0 bridgehead atoms. The molecule has 0 unspecified atom stereocenters. The van der Waals surface area contributed by atoms with Crippen LogP contribution < -0.4 is 0 Å². The van der Waals surface area contributed by atoms with E-state index in [1.165, 1.54) is 38.5 Å². The molecule has 0 atom stereocenters. The molecule has 0 amide bonds. The molecular formula is C21H20N2. The van der Waals surface area contributed by atoms with Gasteiger partial charge in [0.1, 0.15) is 0 Å². The zero-order valence-electron chi connectivity index (χ0n) is 13.8. The Labute approximate surface area is 136 Å². The van der Waals surface area contributed by atoms with Crippen molar-refractivity contribution < 1.29 is 0 Å². The third-order valence-electron chi connectivity index (χ3n) is 4.49. The summed E-state index contributed by atoms with van der Waals surface area (Å²) in [5.74, 6) is 0. The molecule has 2 heteroatoms. The van der Waals surface area contributed by atoms with E-state index in [9.17, 15) is 0 Å². The van der Waals surface area contributed by atoms with Crippen LogP contribution in [0.5, 0.6) is 0 Å². The highest BCUT2D eigenvalue weighted by Crippen LogP contribution is 2.34. The quantitative estimate of drug-likeness (QED) is 0.478. The molecule has 4 rings (SSSR count). The molecule has 0 fully saturated rings. The average molecular weight is 300 g/mol. The van der Waals surface area contributed by atoms with Crippen LogP contribution in [0, 0.1) is 13.8 Å². The van der Waals surface area contributed by atoms with Crippen LogP contribution >= 0.6 is 0 Å². The summed E-state index contributed by atoms with van der Waals surface area (Å²) in [5.41, 5.74) is 7.35. The smallest absolute Gasteiger partial charge is 0.0945 e. The fourth-order valence-electron chi connectivity index (χ4n) is 3.65. The van der Waals surface area contributed by atoms with Crippen molar-refractivity contribution >= 4 is 21.8 Å². The van der Waals surface area contributed by atoms with Crippen molar-refractivity contribution in [3.63, 3.8) is 0 Å². The molecule has 0 saturated heterocycles. The second-order valence-electron chi connectivity index (χ2n) is 6.19. The van der Waals surface area contributed by atoms with Gasteiger partial charge in [0.2, 0.25) is 0 Å². The van der Waals surface area contributed by atoms with Gasteiger partial charge in [0.05, 0.1) is 11.2 Å². The number of hydrogen-bond donors (Lipinski definition) is 0. The van der Waals surface area contributed by atoms with Crippen molar-refractivity contribution in [3.05, 3.63) is 65.9 Å². The van der Waals surface area contributed by atoms with E-state index in [-0.39, 0.29) is 0 Å². The highest BCUT2D eigenvalue weighted by Gasteiger charge is 2.15. The molecule has 0 aliphatic heterocycles. The number of pyridine rings is 1. The summed E-state index contributed by atoms with van der Waals surface area (Å²) < 4.78 is 2.38. The van der Waals surface area contributed by atoms with Gasteiger partial charge in [0.25, 0.3) is 0 Å². The number of para-hydroxylation sites is 1. The maximum atomic E-state index is 4.74. The van der Waals surface area contributed by atoms with Gasteiger partial charge < -0.3 is 4.57 Å². The first-order valence-corrected chi connectivity index (χ1v) is 8.13. The highest BCUT2D eigenvalue weighted by molar-refractivity contribution is 6.11. The number of hydrogen-bond acceptors (Lipinski definition) is 1. The average Bonchev–Trinajstić information content (AvgIpc) is 2.87. The first kappa shape index (κ1) is 14.0. The van der Waals surface area contributed by atoms with Gasteiger partial charge in [-0.2, -0.15) is 0 Å². The monoisotopic (exact) mass is 300 g/mol. The lowest BCUT2D eigenvalue weighted by atomic mass is 10.0. The van der Waals surface area contributed by atoms with E-state index >= 15 is 0 Å². The number of rotatable bonds is 2. The van der Waals surface area contributed by atoms with E-state index in [2.05, 4.69) is 73.9 Å². The van der Waals surface area contributed by atoms with Crippen molar-refractivity contribution in [2.24, 2.45) is 0 Å². The molecule has 2 heterocycles. The standard InChI is InChI=1S/C21H20N2/c1-4-23-19-8-6-5-7-17(19)18-9-10-22-20(21(18)23)16-12-14(2)11-15(3)13-16/h5-13H,4H2,1-3H3. The predicted molar refractivity (Wildman–Crippen MR) is 97.8 cm³/mol. The SMILES string of the molecule is CCn1c2ccccc2c2ccnc(-c3cc(C)cc(C)c3)c21. The molecular weight excluding hydrogens is 280 g/mol. The number of nitrogens with zero attached hydrogens (tertiary/aromatic N) is 2. The van der Waals surface area contributed by atoms with Crippen LogP contribution in [-0.4, -0.2) is 9.55 Å². The van der Waals surface area contributed by atoms with Crippen LogP contribution in [0.4, 0.5) is 0 Å². The topological polar surface area (TPSA) is 17.8 Å². The zero-order chi connectivity index (χ0) is 16.0. The summed E-state index contributed by atoms with van der Waals surface area (Å²) in [7, 11) is 0. The fraction of sp³-hybridized carbons (Fsp3) is 0.190. The summed E-state index contributed by atoms with van der Waals surface area (Å²) >= 11 is 0. The van der Waals surface area contributed by atoms with E-state index in [0.717, 1.165) is 12.2 Å². The number of aromatic nitrogens is 2. The summed E-state index contributed by atoms with van der Waals surface area (Å²) in [6.45, 7) is 7.43. The Kier molecular flexibility index (Phi) is 3.19. The van der Waals surface area contributed by atoms with Gasteiger partial charge in [-0.1, -0.05) is 35.4 Å². The summed E-state index contributed by atoms with van der Waals surface area (Å²) in [5, 5.41) is 2.59. The van der Waals surface area contributed by atoms with E-state index < -0.39 is 0 Å². The largest absolute Gasteiger partial charge is 0.339 e. The second kappa shape index (κ2) is 5.24. The predicted octanol–water partition coefficient (Wildman–Crippen LogP) is 5.49. The summed E-state index contributed by atoms with van der Waals surface area (Å²) in [4.78, 5) is 4.74. The first-order valence-electron chi connectivity index (χ1n) is 8.13. The van der Waals surface area contributed by atoms with Gasteiger partial charge in [-0.25, -0.2) is 0 Å². The van der Waals surface area contributed by atoms with Crippen LogP contribution in [-0.2, 0) is 6.54 Å². The lowest BCUT2D eigenvalue weighted by Gasteiger charge is -2.09. The number of aryl methyl sites for hydroxylation is 3. The molecule has 0 saturated carbocycles. The Bertz CT molecular complexity index is 1000. The Balaban J connectivity index is 2.16. The minimum atomic E-state index is 0.938. The Morgan fingerprint density at radius 3 is 2.39 bits per heavy atom. The van der Waals surface area contributed by atoms with Crippen LogP contribution in [0.15, 0.2) is 54.7 Å². The molecule has 2 aromatic carbocycles. The van der Waals surface area contributed by atoms with E-state index in [4.69, 9.17) is 4.98 Å². The van der Waals surface area contributed by atoms with Crippen molar-refractivity contribution in [3.8, 4) is 11.3 Å². The Morgan fingerprint density at radius 2 is 1.65 bits per heavy atom. The molecule has 0 N–H and O–H groups in total. The van der Waals surface area contributed by atoms with Gasteiger partial charge in [-0.15, -0.1) is 0 Å². The van der Waals surface area contributed by atoms with Gasteiger partial charge in [0, 0.05) is 34.6 Å². The van der Waals surface area contributed by atoms with Gasteiger partial charge in [0.15, 0.2) is 0 Å². The van der Waals surface area contributed by atoms with Crippen molar-refractivity contribution in [1.82, 2.24) is 9.55 Å². The van der Waals surface area contributed by atoms with Crippen LogP contribution in [0.25, 0.3) is 33.1 Å². The van der Waals surface area contributed by atoms with Crippen molar-refractivity contribution in [2.45, 2.75) is 27.3 Å². The lowest BCUT2D eigenvalue weighted by Crippen LogP contribution is -1.97. The molecule has 2 nitrogen and oxygen atoms in total.